The van der Waals surface area contributed by atoms with Crippen LogP contribution in [0.5, 0.6) is 5.75 Å². The summed E-state index contributed by atoms with van der Waals surface area (Å²) in [5.74, 6) is 0.152. The molecule has 0 fully saturated rings. The second kappa shape index (κ2) is 5.86. The van der Waals surface area contributed by atoms with Crippen molar-refractivity contribution in [2.24, 2.45) is 5.73 Å². The van der Waals surface area contributed by atoms with Gasteiger partial charge in [0.25, 0.3) is 0 Å². The summed E-state index contributed by atoms with van der Waals surface area (Å²) >= 11 is 3.31. The van der Waals surface area contributed by atoms with Gasteiger partial charge in [-0.05, 0) is 19.1 Å². The van der Waals surface area contributed by atoms with Crippen molar-refractivity contribution in [3.8, 4) is 5.75 Å². The minimum atomic E-state index is -0.614. The van der Waals surface area contributed by atoms with Crippen LogP contribution < -0.4 is 10.5 Å². The van der Waals surface area contributed by atoms with Crippen LogP contribution in [0, 0.1) is 0 Å². The molecule has 0 unspecified atom stereocenters. The molecule has 16 heavy (non-hydrogen) atoms. The molecule has 4 nitrogen and oxygen atoms in total. The number of primary amides is 1. The zero-order valence-corrected chi connectivity index (χ0v) is 10.5. The number of carbonyl (C=O) groups is 1. The molecule has 0 aliphatic rings. The highest BCUT2D eigenvalue weighted by Gasteiger charge is 2.09. The number of hydrogen-bond donors (Lipinski definition) is 2. The second-order valence-electron chi connectivity index (χ2n) is 3.42. The molecule has 0 heterocycles. The predicted molar refractivity (Wildman–Crippen MR) is 64.1 cm³/mol. The number of ether oxygens (including phenoxy) is 1. The Labute approximate surface area is 103 Å². The van der Waals surface area contributed by atoms with E-state index in [4.69, 9.17) is 10.5 Å². The van der Waals surface area contributed by atoms with E-state index in [2.05, 4.69) is 15.9 Å². The van der Waals surface area contributed by atoms with Gasteiger partial charge < -0.3 is 15.6 Å². The van der Waals surface area contributed by atoms with E-state index in [1.165, 1.54) is 0 Å². The Morgan fingerprint density at radius 1 is 1.62 bits per heavy atom. The predicted octanol–water partition coefficient (Wildman–Crippen LogP) is 1.76. The first kappa shape index (κ1) is 13.0. The quantitative estimate of drug-likeness (QED) is 0.867. The molecule has 1 atom stereocenters. The summed E-state index contributed by atoms with van der Waals surface area (Å²) in [6.45, 7) is 1.87. The number of aliphatic hydroxyl groups excluding tert-OH is 1. The number of benzene rings is 1. The van der Waals surface area contributed by atoms with E-state index >= 15 is 0 Å². The van der Waals surface area contributed by atoms with Crippen LogP contribution in [0.1, 0.15) is 25.0 Å². The van der Waals surface area contributed by atoms with Crippen molar-refractivity contribution >= 4 is 21.8 Å². The zero-order valence-electron chi connectivity index (χ0n) is 8.94. The number of hydrogen-bond acceptors (Lipinski definition) is 3. The monoisotopic (exact) mass is 287 g/mol. The van der Waals surface area contributed by atoms with E-state index in [-0.39, 0.29) is 13.0 Å². The lowest BCUT2D eigenvalue weighted by molar-refractivity contribution is -0.118. The van der Waals surface area contributed by atoms with Gasteiger partial charge in [-0.15, -0.1) is 0 Å². The van der Waals surface area contributed by atoms with Gasteiger partial charge in [-0.3, -0.25) is 4.79 Å². The molecule has 0 saturated carbocycles. The van der Waals surface area contributed by atoms with Gasteiger partial charge >= 0.3 is 0 Å². The Kier molecular flexibility index (Phi) is 4.76. The fraction of sp³-hybridized carbons (Fsp3) is 0.364. The molecule has 0 aromatic heterocycles. The fourth-order valence-electron chi connectivity index (χ4n) is 1.24. The standard InChI is InChI=1S/C11H14BrNO3/c1-7(14)9-3-2-8(12)6-10(9)16-5-4-11(13)15/h2-3,6-7,14H,4-5H2,1H3,(H2,13,15)/t7-/m1/s1. The van der Waals surface area contributed by atoms with Crippen LogP contribution >= 0.6 is 15.9 Å². The molecule has 1 rings (SSSR count). The van der Waals surface area contributed by atoms with Crippen molar-refractivity contribution in [2.75, 3.05) is 6.61 Å². The van der Waals surface area contributed by atoms with Crippen molar-refractivity contribution in [3.63, 3.8) is 0 Å². The molecule has 0 aliphatic heterocycles. The van der Waals surface area contributed by atoms with E-state index in [0.29, 0.717) is 11.3 Å². The van der Waals surface area contributed by atoms with Crippen molar-refractivity contribution in [3.05, 3.63) is 28.2 Å². The lowest BCUT2D eigenvalue weighted by Gasteiger charge is -2.13. The number of amides is 1. The van der Waals surface area contributed by atoms with Crippen molar-refractivity contribution < 1.29 is 14.6 Å². The van der Waals surface area contributed by atoms with E-state index in [9.17, 15) is 9.90 Å². The molecule has 1 amide bonds. The lowest BCUT2D eigenvalue weighted by Crippen LogP contribution is -2.15. The third-order valence-electron chi connectivity index (χ3n) is 2.03. The largest absolute Gasteiger partial charge is 0.493 e. The van der Waals surface area contributed by atoms with Gasteiger partial charge in [0, 0.05) is 10.0 Å². The third-order valence-corrected chi connectivity index (χ3v) is 2.52. The van der Waals surface area contributed by atoms with Crippen LogP contribution in [0.2, 0.25) is 0 Å². The van der Waals surface area contributed by atoms with Crippen LogP contribution in [0.15, 0.2) is 22.7 Å². The van der Waals surface area contributed by atoms with Gasteiger partial charge in [-0.1, -0.05) is 22.0 Å². The second-order valence-corrected chi connectivity index (χ2v) is 4.34. The van der Waals surface area contributed by atoms with Crippen LogP contribution in [0.25, 0.3) is 0 Å². The summed E-state index contributed by atoms with van der Waals surface area (Å²) in [7, 11) is 0. The highest BCUT2D eigenvalue weighted by Crippen LogP contribution is 2.28. The molecule has 0 saturated heterocycles. The van der Waals surface area contributed by atoms with Crippen molar-refractivity contribution in [1.29, 1.82) is 0 Å². The maximum atomic E-state index is 10.6. The summed E-state index contributed by atoms with van der Waals surface area (Å²) in [6, 6.07) is 5.35. The van der Waals surface area contributed by atoms with Gasteiger partial charge in [0.15, 0.2) is 0 Å². The fourth-order valence-corrected chi connectivity index (χ4v) is 1.58. The lowest BCUT2D eigenvalue weighted by atomic mass is 10.1. The number of aliphatic hydroxyl groups is 1. The SMILES string of the molecule is C[C@@H](O)c1ccc(Br)cc1OCCC(N)=O. The first-order valence-electron chi connectivity index (χ1n) is 4.89. The summed E-state index contributed by atoms with van der Waals surface area (Å²) < 4.78 is 6.25. The van der Waals surface area contributed by atoms with Gasteiger partial charge in [-0.25, -0.2) is 0 Å². The number of halogens is 1. The first-order valence-corrected chi connectivity index (χ1v) is 5.68. The molecule has 0 spiro atoms. The Morgan fingerprint density at radius 3 is 2.88 bits per heavy atom. The van der Waals surface area contributed by atoms with E-state index in [0.717, 1.165) is 4.47 Å². The maximum Gasteiger partial charge on any atom is 0.220 e. The average Bonchev–Trinajstić information content (AvgIpc) is 2.16. The highest BCUT2D eigenvalue weighted by atomic mass is 79.9. The van der Waals surface area contributed by atoms with E-state index in [1.807, 2.05) is 6.07 Å². The molecule has 5 heteroatoms. The van der Waals surface area contributed by atoms with Crippen LogP contribution in [0.3, 0.4) is 0 Å². The van der Waals surface area contributed by atoms with Crippen LogP contribution in [0.4, 0.5) is 0 Å². The highest BCUT2D eigenvalue weighted by molar-refractivity contribution is 9.10. The molecule has 0 bridgehead atoms. The maximum absolute atomic E-state index is 10.6. The molecule has 1 aromatic rings. The summed E-state index contributed by atoms with van der Waals surface area (Å²) in [4.78, 5) is 10.6. The molecule has 1 aromatic carbocycles. The molecule has 3 N–H and O–H groups in total. The minimum Gasteiger partial charge on any atom is -0.493 e. The Hall–Kier alpha value is -1.07. The van der Waals surface area contributed by atoms with Crippen molar-refractivity contribution in [2.45, 2.75) is 19.4 Å². The minimum absolute atomic E-state index is 0.158. The van der Waals surface area contributed by atoms with Gasteiger partial charge in [0.1, 0.15) is 5.75 Å². The van der Waals surface area contributed by atoms with Gasteiger partial charge in [0.05, 0.1) is 19.1 Å². The average molecular weight is 288 g/mol. The van der Waals surface area contributed by atoms with Gasteiger partial charge in [0.2, 0.25) is 5.91 Å². The van der Waals surface area contributed by atoms with Crippen LogP contribution in [-0.2, 0) is 4.79 Å². The Morgan fingerprint density at radius 2 is 2.31 bits per heavy atom. The summed E-state index contributed by atoms with van der Waals surface area (Å²) in [5.41, 5.74) is 5.69. The smallest absolute Gasteiger partial charge is 0.220 e. The van der Waals surface area contributed by atoms with Gasteiger partial charge in [-0.2, -0.15) is 0 Å². The topological polar surface area (TPSA) is 72.6 Å². The summed E-state index contributed by atoms with van der Waals surface area (Å²) in [6.07, 6.45) is -0.456. The Bertz CT molecular complexity index is 379. The Balaban J connectivity index is 2.76. The first-order chi connectivity index (χ1) is 7.50. The number of nitrogens with two attached hydrogens (primary N) is 1. The molecular formula is C11H14BrNO3. The molecule has 88 valence electrons. The molecule has 0 aliphatic carbocycles. The third kappa shape index (κ3) is 3.83. The number of carbonyl (C=O) groups excluding carboxylic acids is 1. The molecular weight excluding hydrogens is 274 g/mol. The van der Waals surface area contributed by atoms with Crippen LogP contribution in [-0.4, -0.2) is 17.6 Å². The normalized spacial score (nSPS) is 12.2. The van der Waals surface area contributed by atoms with Crippen molar-refractivity contribution in [1.82, 2.24) is 0 Å². The zero-order chi connectivity index (χ0) is 12.1. The molecule has 0 radical (unpaired) electrons. The van der Waals surface area contributed by atoms with E-state index < -0.39 is 12.0 Å². The number of rotatable bonds is 5. The summed E-state index contributed by atoms with van der Waals surface area (Å²) in [5, 5.41) is 9.52. The van der Waals surface area contributed by atoms with E-state index in [1.54, 1.807) is 19.1 Å².